The topological polar surface area (TPSA) is 29.1 Å². The normalized spacial score (nSPS) is 25.7. The Kier molecular flexibility index (Phi) is 4.81. The Bertz CT molecular complexity index is 391. The van der Waals surface area contributed by atoms with Crippen molar-refractivity contribution in [2.45, 2.75) is 45.1 Å². The quantitative estimate of drug-likeness (QED) is 0.902. The number of hydrogen-bond donors (Lipinski definition) is 1. The maximum Gasteiger partial charge on any atom is 0.0342 e. The summed E-state index contributed by atoms with van der Waals surface area (Å²) in [5, 5.41) is 3.55. The number of rotatable bonds is 4. The minimum Gasteiger partial charge on any atom is -0.382 e. The molecule has 1 aliphatic heterocycles. The van der Waals surface area contributed by atoms with Crippen LogP contribution in [0, 0.1) is 0 Å². The second-order valence-corrected chi connectivity index (χ2v) is 6.89. The highest BCUT2D eigenvalue weighted by Gasteiger charge is 2.17. The first-order valence-corrected chi connectivity index (χ1v) is 8.39. The van der Waals surface area contributed by atoms with E-state index >= 15 is 0 Å². The first-order chi connectivity index (χ1) is 8.69. The van der Waals surface area contributed by atoms with E-state index in [0.29, 0.717) is 12.0 Å². The van der Waals surface area contributed by atoms with Crippen LogP contribution in [0.1, 0.15) is 44.6 Å². The molecule has 1 aromatic carbocycles. The fraction of sp³-hybridized carbons (Fsp3) is 0.600. The molecule has 0 aromatic heterocycles. The summed E-state index contributed by atoms with van der Waals surface area (Å²) in [4.78, 5) is 0. The zero-order valence-electron chi connectivity index (χ0n) is 11.3. The van der Waals surface area contributed by atoms with Gasteiger partial charge in [-0.3, -0.25) is 4.21 Å². The van der Waals surface area contributed by atoms with Crippen LogP contribution in [0.2, 0.25) is 0 Å². The Morgan fingerprint density at radius 3 is 2.44 bits per heavy atom. The van der Waals surface area contributed by atoms with Gasteiger partial charge in [0.15, 0.2) is 0 Å². The van der Waals surface area contributed by atoms with Crippen LogP contribution in [-0.2, 0) is 10.8 Å². The van der Waals surface area contributed by atoms with Gasteiger partial charge in [-0.1, -0.05) is 26.0 Å². The van der Waals surface area contributed by atoms with Gasteiger partial charge < -0.3 is 5.32 Å². The van der Waals surface area contributed by atoms with Gasteiger partial charge >= 0.3 is 0 Å². The number of anilines is 1. The van der Waals surface area contributed by atoms with Gasteiger partial charge in [-0.15, -0.1) is 0 Å². The van der Waals surface area contributed by atoms with E-state index in [1.165, 1.54) is 17.7 Å². The zero-order valence-corrected chi connectivity index (χ0v) is 12.1. The summed E-state index contributed by atoms with van der Waals surface area (Å²) in [6, 6.07) is 9.28. The monoisotopic (exact) mass is 265 g/mol. The summed E-state index contributed by atoms with van der Waals surface area (Å²) in [5.41, 5.74) is 2.60. The van der Waals surface area contributed by atoms with Crippen LogP contribution in [0.25, 0.3) is 0 Å². The van der Waals surface area contributed by atoms with Gasteiger partial charge in [0, 0.05) is 34.0 Å². The van der Waals surface area contributed by atoms with E-state index in [-0.39, 0.29) is 0 Å². The Morgan fingerprint density at radius 1 is 1.28 bits per heavy atom. The molecule has 1 atom stereocenters. The predicted molar refractivity (Wildman–Crippen MR) is 79.7 cm³/mol. The lowest BCUT2D eigenvalue weighted by Crippen LogP contribution is -2.29. The van der Waals surface area contributed by atoms with Crippen LogP contribution < -0.4 is 5.32 Å². The van der Waals surface area contributed by atoms with Crippen molar-refractivity contribution in [3.8, 4) is 0 Å². The van der Waals surface area contributed by atoms with Crippen molar-refractivity contribution in [1.29, 1.82) is 0 Å². The highest BCUT2D eigenvalue weighted by Crippen LogP contribution is 2.22. The highest BCUT2D eigenvalue weighted by atomic mass is 32.2. The van der Waals surface area contributed by atoms with Crippen molar-refractivity contribution < 1.29 is 4.21 Å². The molecule has 0 radical (unpaired) electrons. The van der Waals surface area contributed by atoms with Gasteiger partial charge in [0.05, 0.1) is 0 Å². The summed E-state index contributed by atoms with van der Waals surface area (Å²) in [6.45, 7) is 4.48. The van der Waals surface area contributed by atoms with Gasteiger partial charge in [-0.05, 0) is 42.9 Å². The Labute approximate surface area is 113 Å². The molecule has 1 heterocycles. The standard InChI is InChI=1S/C15H23NOS/c1-3-12(2)13-4-6-14(7-5-13)16-15-8-10-18(17)11-9-15/h4-7,12,15-16H,3,8-11H2,1-2H3. The minimum absolute atomic E-state index is 0.497. The predicted octanol–water partition coefficient (Wildman–Crippen LogP) is 3.52. The molecule has 0 saturated carbocycles. The minimum atomic E-state index is -0.570. The highest BCUT2D eigenvalue weighted by molar-refractivity contribution is 7.85. The van der Waals surface area contributed by atoms with Crippen LogP contribution in [-0.4, -0.2) is 21.8 Å². The van der Waals surface area contributed by atoms with Gasteiger partial charge in [-0.2, -0.15) is 0 Å². The molecule has 2 nitrogen and oxygen atoms in total. The molecular formula is C15H23NOS. The smallest absolute Gasteiger partial charge is 0.0342 e. The molecule has 0 amide bonds. The molecular weight excluding hydrogens is 242 g/mol. The second-order valence-electron chi connectivity index (χ2n) is 5.20. The fourth-order valence-corrected chi connectivity index (χ4v) is 3.62. The molecule has 3 heteroatoms. The van der Waals surface area contributed by atoms with Crippen molar-refractivity contribution >= 4 is 16.5 Å². The molecule has 1 fully saturated rings. The third kappa shape index (κ3) is 3.58. The molecule has 0 spiro atoms. The van der Waals surface area contributed by atoms with Crippen LogP contribution in [0.15, 0.2) is 24.3 Å². The first kappa shape index (κ1) is 13.6. The van der Waals surface area contributed by atoms with Crippen LogP contribution in [0.3, 0.4) is 0 Å². The van der Waals surface area contributed by atoms with Crippen LogP contribution in [0.4, 0.5) is 5.69 Å². The Balaban J connectivity index is 1.92. The largest absolute Gasteiger partial charge is 0.382 e. The first-order valence-electron chi connectivity index (χ1n) is 6.90. The van der Waals surface area contributed by atoms with Gasteiger partial charge in [-0.25, -0.2) is 0 Å². The van der Waals surface area contributed by atoms with Crippen molar-refractivity contribution in [1.82, 2.24) is 0 Å². The molecule has 100 valence electrons. The van der Waals surface area contributed by atoms with E-state index in [0.717, 1.165) is 24.3 Å². The van der Waals surface area contributed by atoms with E-state index < -0.39 is 10.8 Å². The molecule has 2 rings (SSSR count). The molecule has 0 aliphatic carbocycles. The van der Waals surface area contributed by atoms with E-state index in [4.69, 9.17) is 0 Å². The van der Waals surface area contributed by atoms with E-state index in [1.54, 1.807) is 0 Å². The summed E-state index contributed by atoms with van der Waals surface area (Å²) in [7, 11) is -0.570. The third-order valence-corrected chi connectivity index (χ3v) is 5.23. The molecule has 18 heavy (non-hydrogen) atoms. The van der Waals surface area contributed by atoms with Gasteiger partial charge in [0.25, 0.3) is 0 Å². The van der Waals surface area contributed by atoms with Gasteiger partial charge in [0.2, 0.25) is 0 Å². The second kappa shape index (κ2) is 6.37. The van der Waals surface area contributed by atoms with E-state index in [2.05, 4.69) is 43.4 Å². The summed E-state index contributed by atoms with van der Waals surface area (Å²) < 4.78 is 11.3. The number of nitrogens with one attached hydrogen (secondary N) is 1. The maximum absolute atomic E-state index is 11.3. The van der Waals surface area contributed by atoms with Crippen molar-refractivity contribution in [2.75, 3.05) is 16.8 Å². The molecule has 1 N–H and O–H groups in total. The van der Waals surface area contributed by atoms with Crippen LogP contribution in [0.5, 0.6) is 0 Å². The average Bonchev–Trinajstić information content (AvgIpc) is 2.41. The van der Waals surface area contributed by atoms with Crippen molar-refractivity contribution in [2.24, 2.45) is 0 Å². The van der Waals surface area contributed by atoms with Gasteiger partial charge in [0.1, 0.15) is 0 Å². The van der Waals surface area contributed by atoms with Crippen molar-refractivity contribution in [3.63, 3.8) is 0 Å². The molecule has 1 unspecified atom stereocenters. The molecule has 1 saturated heterocycles. The third-order valence-electron chi connectivity index (χ3n) is 3.85. The Hall–Kier alpha value is -0.830. The summed E-state index contributed by atoms with van der Waals surface area (Å²) in [5.74, 6) is 2.33. The van der Waals surface area contributed by atoms with Crippen LogP contribution >= 0.6 is 0 Å². The Morgan fingerprint density at radius 2 is 1.89 bits per heavy atom. The average molecular weight is 265 g/mol. The number of benzene rings is 1. The zero-order chi connectivity index (χ0) is 13.0. The molecule has 1 aromatic rings. The SMILES string of the molecule is CCC(C)c1ccc(NC2CCS(=O)CC2)cc1. The molecule has 1 aliphatic rings. The van der Waals surface area contributed by atoms with E-state index in [9.17, 15) is 4.21 Å². The number of hydrogen-bond acceptors (Lipinski definition) is 2. The lowest BCUT2D eigenvalue weighted by molar-refractivity contribution is 0.624. The fourth-order valence-electron chi connectivity index (χ4n) is 2.32. The summed E-state index contributed by atoms with van der Waals surface area (Å²) in [6.07, 6.45) is 3.24. The summed E-state index contributed by atoms with van der Waals surface area (Å²) >= 11 is 0. The molecule has 0 bridgehead atoms. The lowest BCUT2D eigenvalue weighted by atomic mass is 9.98. The van der Waals surface area contributed by atoms with Crippen molar-refractivity contribution in [3.05, 3.63) is 29.8 Å². The maximum atomic E-state index is 11.3. The lowest BCUT2D eigenvalue weighted by Gasteiger charge is -2.23. The van der Waals surface area contributed by atoms with E-state index in [1.807, 2.05) is 0 Å².